The minimum absolute atomic E-state index is 0.135. The molecule has 1 aromatic rings. The fourth-order valence-corrected chi connectivity index (χ4v) is 1.61. The van der Waals surface area contributed by atoms with Crippen molar-refractivity contribution in [3.63, 3.8) is 0 Å². The summed E-state index contributed by atoms with van der Waals surface area (Å²) in [7, 11) is 0. The SMILES string of the molecule is CC(=O)Cc1ccc(CC(C)NC=O)cc1. The van der Waals surface area contributed by atoms with Gasteiger partial charge in [-0.2, -0.15) is 0 Å². The molecule has 0 aliphatic heterocycles. The van der Waals surface area contributed by atoms with E-state index >= 15 is 0 Å². The maximum absolute atomic E-state index is 10.9. The first-order valence-corrected chi connectivity index (χ1v) is 5.38. The molecule has 16 heavy (non-hydrogen) atoms. The lowest BCUT2D eigenvalue weighted by molar-refractivity contribution is -0.116. The molecule has 0 radical (unpaired) electrons. The van der Waals surface area contributed by atoms with Gasteiger partial charge in [0.1, 0.15) is 5.78 Å². The number of carbonyl (C=O) groups is 2. The first-order chi connectivity index (χ1) is 7.61. The first kappa shape index (κ1) is 12.4. The number of amides is 1. The van der Waals surface area contributed by atoms with E-state index in [1.807, 2.05) is 31.2 Å². The van der Waals surface area contributed by atoms with Crippen molar-refractivity contribution >= 4 is 12.2 Å². The first-order valence-electron chi connectivity index (χ1n) is 5.38. The van der Waals surface area contributed by atoms with E-state index in [1.165, 1.54) is 0 Å². The van der Waals surface area contributed by atoms with E-state index in [2.05, 4.69) is 5.32 Å². The molecule has 1 N–H and O–H groups in total. The van der Waals surface area contributed by atoms with Gasteiger partial charge in [-0.05, 0) is 31.4 Å². The largest absolute Gasteiger partial charge is 0.356 e. The maximum Gasteiger partial charge on any atom is 0.207 e. The highest BCUT2D eigenvalue weighted by Crippen LogP contribution is 2.07. The maximum atomic E-state index is 10.9. The molecule has 1 unspecified atom stereocenters. The fraction of sp³-hybridized carbons (Fsp3) is 0.385. The molecule has 86 valence electrons. The Morgan fingerprint density at radius 2 is 1.88 bits per heavy atom. The van der Waals surface area contributed by atoms with Gasteiger partial charge in [0.05, 0.1) is 0 Å². The smallest absolute Gasteiger partial charge is 0.207 e. The predicted molar refractivity (Wildman–Crippen MR) is 63.2 cm³/mol. The Hall–Kier alpha value is -1.64. The summed E-state index contributed by atoms with van der Waals surface area (Å²) >= 11 is 0. The molecular formula is C13H17NO2. The van der Waals surface area contributed by atoms with Crippen LogP contribution in [0.5, 0.6) is 0 Å². The van der Waals surface area contributed by atoms with Gasteiger partial charge in [0.2, 0.25) is 6.41 Å². The number of nitrogens with one attached hydrogen (secondary N) is 1. The predicted octanol–water partition coefficient (Wildman–Crippen LogP) is 1.50. The molecule has 3 heteroatoms. The molecule has 1 atom stereocenters. The summed E-state index contributed by atoms with van der Waals surface area (Å²) < 4.78 is 0. The van der Waals surface area contributed by atoms with Crippen molar-refractivity contribution in [3.8, 4) is 0 Å². The third-order valence-electron chi connectivity index (χ3n) is 2.37. The van der Waals surface area contributed by atoms with Crippen molar-refractivity contribution in [2.75, 3.05) is 0 Å². The van der Waals surface area contributed by atoms with Crippen LogP contribution in [0, 0.1) is 0 Å². The summed E-state index contributed by atoms with van der Waals surface area (Å²) in [5, 5.41) is 2.71. The van der Waals surface area contributed by atoms with E-state index in [0.29, 0.717) is 6.42 Å². The summed E-state index contributed by atoms with van der Waals surface area (Å²) in [5.74, 6) is 0.170. The van der Waals surface area contributed by atoms with Crippen molar-refractivity contribution in [1.82, 2.24) is 5.32 Å². The number of carbonyl (C=O) groups excluding carboxylic acids is 2. The highest BCUT2D eigenvalue weighted by Gasteiger charge is 2.02. The molecule has 3 nitrogen and oxygen atoms in total. The lowest BCUT2D eigenvalue weighted by atomic mass is 10.0. The average Bonchev–Trinajstić information content (AvgIpc) is 2.20. The molecule has 0 bridgehead atoms. The Balaban J connectivity index is 2.57. The van der Waals surface area contributed by atoms with Crippen LogP contribution in [-0.4, -0.2) is 18.2 Å². The van der Waals surface area contributed by atoms with Gasteiger partial charge < -0.3 is 5.32 Å². The lowest BCUT2D eigenvalue weighted by Gasteiger charge is -2.10. The Kier molecular flexibility index (Phi) is 4.70. The highest BCUT2D eigenvalue weighted by molar-refractivity contribution is 5.78. The van der Waals surface area contributed by atoms with Gasteiger partial charge in [0, 0.05) is 12.5 Å². The Labute approximate surface area is 95.9 Å². The van der Waals surface area contributed by atoms with E-state index in [-0.39, 0.29) is 11.8 Å². The number of Topliss-reactive ketones (excluding diaryl/α,β-unsaturated/α-hetero) is 1. The molecule has 0 aliphatic rings. The zero-order chi connectivity index (χ0) is 12.0. The summed E-state index contributed by atoms with van der Waals surface area (Å²) in [6.07, 6.45) is 2.01. The van der Waals surface area contributed by atoms with Crippen LogP contribution in [-0.2, 0) is 22.4 Å². The van der Waals surface area contributed by atoms with Gasteiger partial charge in [-0.3, -0.25) is 9.59 Å². The monoisotopic (exact) mass is 219 g/mol. The van der Waals surface area contributed by atoms with E-state index < -0.39 is 0 Å². The van der Waals surface area contributed by atoms with Crippen LogP contribution in [0.4, 0.5) is 0 Å². The van der Waals surface area contributed by atoms with Gasteiger partial charge in [-0.15, -0.1) is 0 Å². The highest BCUT2D eigenvalue weighted by atomic mass is 16.1. The van der Waals surface area contributed by atoms with Gasteiger partial charge in [-0.1, -0.05) is 24.3 Å². The fourth-order valence-electron chi connectivity index (χ4n) is 1.61. The Bertz CT molecular complexity index is 357. The molecule has 1 aromatic carbocycles. The van der Waals surface area contributed by atoms with Gasteiger partial charge in [-0.25, -0.2) is 0 Å². The number of ketones is 1. The van der Waals surface area contributed by atoms with Crippen molar-refractivity contribution in [1.29, 1.82) is 0 Å². The molecule has 0 fully saturated rings. The second-order valence-corrected chi connectivity index (χ2v) is 4.08. The van der Waals surface area contributed by atoms with E-state index in [0.717, 1.165) is 24.0 Å². The number of hydrogen-bond acceptors (Lipinski definition) is 2. The summed E-state index contributed by atoms with van der Waals surface area (Å²) in [6.45, 7) is 3.54. The molecule has 0 saturated carbocycles. The second kappa shape index (κ2) is 6.05. The van der Waals surface area contributed by atoms with Crippen LogP contribution in [0.2, 0.25) is 0 Å². The topological polar surface area (TPSA) is 46.2 Å². The zero-order valence-electron chi connectivity index (χ0n) is 9.69. The van der Waals surface area contributed by atoms with Crippen LogP contribution in [0.1, 0.15) is 25.0 Å². The average molecular weight is 219 g/mol. The summed E-state index contributed by atoms with van der Waals surface area (Å²) in [4.78, 5) is 21.1. The Morgan fingerprint density at radius 3 is 2.38 bits per heavy atom. The molecular weight excluding hydrogens is 202 g/mol. The van der Waals surface area contributed by atoms with Crippen molar-refractivity contribution in [2.45, 2.75) is 32.7 Å². The standard InChI is InChI=1S/C13H17NO2/c1-10(14-9-15)7-12-3-5-13(6-4-12)8-11(2)16/h3-6,9-10H,7-8H2,1-2H3,(H,14,15). The zero-order valence-corrected chi connectivity index (χ0v) is 9.69. The van der Waals surface area contributed by atoms with E-state index in [9.17, 15) is 9.59 Å². The normalized spacial score (nSPS) is 11.9. The second-order valence-electron chi connectivity index (χ2n) is 4.08. The molecule has 0 heterocycles. The third-order valence-corrected chi connectivity index (χ3v) is 2.37. The number of rotatable bonds is 6. The minimum Gasteiger partial charge on any atom is -0.356 e. The quantitative estimate of drug-likeness (QED) is 0.737. The van der Waals surface area contributed by atoms with Crippen molar-refractivity contribution < 1.29 is 9.59 Å². The third kappa shape index (κ3) is 4.26. The van der Waals surface area contributed by atoms with Gasteiger partial charge in [0.25, 0.3) is 0 Å². The molecule has 0 saturated heterocycles. The van der Waals surface area contributed by atoms with Crippen molar-refractivity contribution in [3.05, 3.63) is 35.4 Å². The van der Waals surface area contributed by atoms with Gasteiger partial charge >= 0.3 is 0 Å². The molecule has 0 aromatic heterocycles. The van der Waals surface area contributed by atoms with Crippen LogP contribution < -0.4 is 5.32 Å². The minimum atomic E-state index is 0.135. The summed E-state index contributed by atoms with van der Waals surface area (Å²) in [5.41, 5.74) is 2.20. The van der Waals surface area contributed by atoms with E-state index in [4.69, 9.17) is 0 Å². The molecule has 1 amide bonds. The Morgan fingerprint density at radius 1 is 1.31 bits per heavy atom. The van der Waals surface area contributed by atoms with Crippen LogP contribution >= 0.6 is 0 Å². The number of hydrogen-bond donors (Lipinski definition) is 1. The number of benzene rings is 1. The van der Waals surface area contributed by atoms with Crippen LogP contribution in [0.3, 0.4) is 0 Å². The van der Waals surface area contributed by atoms with Crippen molar-refractivity contribution in [2.24, 2.45) is 0 Å². The summed E-state index contributed by atoms with van der Waals surface area (Å²) in [6, 6.07) is 8.06. The van der Waals surface area contributed by atoms with Crippen LogP contribution in [0.15, 0.2) is 24.3 Å². The molecule has 1 rings (SSSR count). The lowest BCUT2D eigenvalue weighted by Crippen LogP contribution is -2.26. The van der Waals surface area contributed by atoms with Gasteiger partial charge in [0.15, 0.2) is 0 Å². The van der Waals surface area contributed by atoms with Crippen LogP contribution in [0.25, 0.3) is 0 Å². The van der Waals surface area contributed by atoms with E-state index in [1.54, 1.807) is 6.92 Å². The molecule has 0 aliphatic carbocycles. The molecule has 0 spiro atoms.